The van der Waals surface area contributed by atoms with Gasteiger partial charge in [-0.3, -0.25) is 0 Å². The molecule has 0 spiro atoms. The predicted molar refractivity (Wildman–Crippen MR) is 59.1 cm³/mol. The third-order valence-electron chi connectivity index (χ3n) is 1.81. The van der Waals surface area contributed by atoms with Gasteiger partial charge in [-0.2, -0.15) is 0 Å². The molecule has 0 nitrogen and oxygen atoms in total. The van der Waals surface area contributed by atoms with E-state index in [4.69, 9.17) is 7.57 Å². The first-order chi connectivity index (χ1) is 5.73. The molecule has 0 bridgehead atoms. The average Bonchev–Trinajstić information content (AvgIpc) is 2.18. The standard InChI is InChI=1S/C10H11BP/c1-3-12(11,4-2)10-8-6-5-7-9-10/h3-9H,1-2H2/q+1. The number of hydrogen-bond acceptors (Lipinski definition) is 0. The van der Waals surface area contributed by atoms with Crippen LogP contribution in [0.25, 0.3) is 0 Å². The fourth-order valence-corrected chi connectivity index (χ4v) is 2.23. The average molecular weight is 173 g/mol. The Balaban J connectivity index is 3.11. The lowest BCUT2D eigenvalue weighted by atomic mass is 10.4. The summed E-state index contributed by atoms with van der Waals surface area (Å²) >= 11 is 0. The fourth-order valence-electron chi connectivity index (χ4n) is 0.972. The minimum Gasteiger partial charge on any atom is -0.0649 e. The van der Waals surface area contributed by atoms with Gasteiger partial charge >= 0.3 is 7.57 Å². The van der Waals surface area contributed by atoms with Gasteiger partial charge in [0.1, 0.15) is 0 Å². The molecule has 0 unspecified atom stereocenters. The van der Waals surface area contributed by atoms with Gasteiger partial charge in [-0.1, -0.05) is 31.4 Å². The van der Waals surface area contributed by atoms with Crippen LogP contribution in [-0.2, 0) is 0 Å². The minimum absolute atomic E-state index is 1.12. The minimum atomic E-state index is -1.76. The molecule has 1 aromatic rings. The zero-order chi connectivity index (χ0) is 9.03. The van der Waals surface area contributed by atoms with E-state index >= 15 is 0 Å². The topological polar surface area (TPSA) is 0 Å². The summed E-state index contributed by atoms with van der Waals surface area (Å²) in [6, 6.07) is 9.95. The van der Waals surface area contributed by atoms with Gasteiger partial charge in [0.05, 0.1) is 5.30 Å². The van der Waals surface area contributed by atoms with Crippen molar-refractivity contribution in [1.29, 1.82) is 0 Å². The molecule has 0 aliphatic carbocycles. The maximum Gasteiger partial charge on any atom is 0.382 e. The maximum absolute atomic E-state index is 6.09. The van der Waals surface area contributed by atoms with Crippen LogP contribution in [0.4, 0.5) is 0 Å². The molecule has 58 valence electrons. The molecule has 0 atom stereocenters. The van der Waals surface area contributed by atoms with Gasteiger partial charge in [0.25, 0.3) is 0 Å². The molecule has 0 aromatic heterocycles. The SMILES string of the molecule is [B][P+](C=C)(C=C)c1ccccc1. The van der Waals surface area contributed by atoms with Crippen LogP contribution >= 0.6 is 7.14 Å². The van der Waals surface area contributed by atoms with E-state index in [9.17, 15) is 0 Å². The summed E-state index contributed by atoms with van der Waals surface area (Å²) in [4.78, 5) is 0. The van der Waals surface area contributed by atoms with Gasteiger partial charge in [0.15, 0.2) is 0 Å². The Labute approximate surface area is 75.7 Å². The Kier molecular flexibility index (Phi) is 2.89. The van der Waals surface area contributed by atoms with Crippen LogP contribution in [-0.4, -0.2) is 7.57 Å². The van der Waals surface area contributed by atoms with E-state index in [1.54, 1.807) is 11.6 Å². The molecular weight excluding hydrogens is 162 g/mol. The van der Waals surface area contributed by atoms with E-state index in [1.807, 2.05) is 30.3 Å². The van der Waals surface area contributed by atoms with Crippen molar-refractivity contribution < 1.29 is 0 Å². The largest absolute Gasteiger partial charge is 0.382 e. The maximum atomic E-state index is 6.09. The highest BCUT2D eigenvalue weighted by molar-refractivity contribution is 8.07. The van der Waals surface area contributed by atoms with Crippen LogP contribution in [0.1, 0.15) is 0 Å². The van der Waals surface area contributed by atoms with Crippen LogP contribution in [0.15, 0.2) is 55.1 Å². The van der Waals surface area contributed by atoms with Gasteiger partial charge in [0.2, 0.25) is 0 Å². The van der Waals surface area contributed by atoms with Crippen LogP contribution in [0.2, 0.25) is 0 Å². The molecule has 1 rings (SSSR count). The zero-order valence-corrected chi connectivity index (χ0v) is 7.87. The summed E-state index contributed by atoms with van der Waals surface area (Å²) in [5, 5.41) is 1.12. The molecule has 0 heterocycles. The Morgan fingerprint density at radius 3 is 2.00 bits per heavy atom. The third kappa shape index (κ3) is 1.68. The number of hydrogen-bond donors (Lipinski definition) is 0. The van der Waals surface area contributed by atoms with Crippen molar-refractivity contribution in [3.63, 3.8) is 0 Å². The summed E-state index contributed by atoms with van der Waals surface area (Å²) in [5.74, 6) is 3.60. The summed E-state index contributed by atoms with van der Waals surface area (Å²) in [5.41, 5.74) is 0. The highest BCUT2D eigenvalue weighted by Gasteiger charge is 2.26. The second-order valence-corrected chi connectivity index (χ2v) is 5.45. The van der Waals surface area contributed by atoms with Crippen molar-refractivity contribution in [3.05, 3.63) is 55.1 Å². The lowest BCUT2D eigenvalue weighted by Gasteiger charge is -2.12. The first-order valence-electron chi connectivity index (χ1n) is 3.73. The number of rotatable bonds is 3. The Hall–Kier alpha value is -0.805. The van der Waals surface area contributed by atoms with Gasteiger partial charge in [-0.05, 0) is 12.1 Å². The molecule has 0 aliphatic rings. The molecule has 0 aliphatic heterocycles. The van der Waals surface area contributed by atoms with Crippen molar-refractivity contribution in [2.75, 3.05) is 0 Å². The van der Waals surface area contributed by atoms with Crippen LogP contribution in [0.3, 0.4) is 0 Å². The van der Waals surface area contributed by atoms with Gasteiger partial charge in [-0.25, -0.2) is 0 Å². The molecule has 0 saturated carbocycles. The second-order valence-electron chi connectivity index (χ2n) is 2.54. The third-order valence-corrected chi connectivity index (χ3v) is 4.21. The predicted octanol–water partition coefficient (Wildman–Crippen LogP) is 2.70. The van der Waals surface area contributed by atoms with Crippen molar-refractivity contribution in [1.82, 2.24) is 0 Å². The van der Waals surface area contributed by atoms with Crippen molar-refractivity contribution >= 4 is 20.0 Å². The van der Waals surface area contributed by atoms with Gasteiger partial charge < -0.3 is 0 Å². The van der Waals surface area contributed by atoms with E-state index in [0.29, 0.717) is 0 Å². The lowest BCUT2D eigenvalue weighted by molar-refractivity contribution is 1.77. The zero-order valence-electron chi connectivity index (χ0n) is 6.98. The van der Waals surface area contributed by atoms with Crippen molar-refractivity contribution in [2.24, 2.45) is 0 Å². The van der Waals surface area contributed by atoms with Gasteiger partial charge in [0, 0.05) is 18.8 Å². The Morgan fingerprint density at radius 2 is 1.58 bits per heavy atom. The van der Waals surface area contributed by atoms with Crippen LogP contribution in [0.5, 0.6) is 0 Å². The molecule has 2 radical (unpaired) electrons. The van der Waals surface area contributed by atoms with Crippen molar-refractivity contribution in [2.45, 2.75) is 0 Å². The normalized spacial score (nSPS) is 10.7. The summed E-state index contributed by atoms with van der Waals surface area (Å²) < 4.78 is 0. The molecule has 0 fully saturated rings. The highest BCUT2D eigenvalue weighted by Crippen LogP contribution is 2.54. The molecule has 12 heavy (non-hydrogen) atoms. The van der Waals surface area contributed by atoms with E-state index in [0.717, 1.165) is 5.30 Å². The van der Waals surface area contributed by atoms with Crippen LogP contribution < -0.4 is 5.30 Å². The molecule has 0 amide bonds. The fraction of sp³-hybridized carbons (Fsp3) is 0. The second kappa shape index (κ2) is 3.73. The molecular formula is C10H11BP+. The summed E-state index contributed by atoms with van der Waals surface area (Å²) in [6.07, 6.45) is 0. The first kappa shape index (κ1) is 9.28. The Bertz CT molecular complexity index is 271. The summed E-state index contributed by atoms with van der Waals surface area (Å²) in [7, 11) is 4.34. The van der Waals surface area contributed by atoms with Crippen LogP contribution in [0, 0.1) is 0 Å². The number of benzene rings is 1. The lowest BCUT2D eigenvalue weighted by Crippen LogP contribution is -2.05. The Morgan fingerprint density at radius 1 is 1.08 bits per heavy atom. The van der Waals surface area contributed by atoms with Crippen molar-refractivity contribution in [3.8, 4) is 0 Å². The van der Waals surface area contributed by atoms with E-state index in [1.165, 1.54) is 0 Å². The van der Waals surface area contributed by atoms with Gasteiger partial charge in [-0.15, -0.1) is 0 Å². The smallest absolute Gasteiger partial charge is 0.0649 e. The quantitative estimate of drug-likeness (QED) is 0.486. The van der Waals surface area contributed by atoms with E-state index < -0.39 is 7.14 Å². The molecule has 0 N–H and O–H groups in total. The monoisotopic (exact) mass is 173 g/mol. The molecule has 1 aromatic carbocycles. The summed E-state index contributed by atoms with van der Waals surface area (Å²) in [6.45, 7) is 7.47. The van der Waals surface area contributed by atoms with E-state index in [-0.39, 0.29) is 0 Å². The molecule has 2 heteroatoms. The highest BCUT2D eigenvalue weighted by atomic mass is 31.2. The van der Waals surface area contributed by atoms with E-state index in [2.05, 4.69) is 13.2 Å². The first-order valence-corrected chi connectivity index (χ1v) is 5.72. The molecule has 0 saturated heterocycles.